The Morgan fingerprint density at radius 2 is 1.72 bits per heavy atom. The Labute approximate surface area is 168 Å². The molecule has 0 aliphatic carbocycles. The number of carbonyl (C=O) groups is 1. The van der Waals surface area contributed by atoms with E-state index in [0.717, 1.165) is 25.9 Å². The minimum Gasteiger partial charge on any atom is -0.369 e. The van der Waals surface area contributed by atoms with Crippen LogP contribution in [0.25, 0.3) is 0 Å². The summed E-state index contributed by atoms with van der Waals surface area (Å²) in [5.41, 5.74) is -0.0461. The number of rotatable bonds is 6. The van der Waals surface area contributed by atoms with E-state index in [4.69, 9.17) is 5.73 Å². The predicted octanol–water partition coefficient (Wildman–Crippen LogP) is -0.337. The van der Waals surface area contributed by atoms with Crippen molar-refractivity contribution in [3.05, 3.63) is 0 Å². The molecule has 9 nitrogen and oxygen atoms in total. The average Bonchev–Trinajstić information content (AvgIpc) is 2.65. The number of amides is 1. The standard InChI is InChI=1S/C16H29F3N6O3S/c1-21-15(23-13-4-6-24(7-5-13)11-14(20)26)22-10-12-2-8-25(9-3-12)29(27,28)16(17,18)19/h12-13H,2-11H2,1H3,(H2,20,26)(H2,21,22,23). The van der Waals surface area contributed by atoms with Gasteiger partial charge in [0.05, 0.1) is 6.54 Å². The summed E-state index contributed by atoms with van der Waals surface area (Å²) >= 11 is 0. The number of carbonyl (C=O) groups excluding carboxylic acids is 1. The van der Waals surface area contributed by atoms with Gasteiger partial charge in [0, 0.05) is 45.8 Å². The molecule has 2 fully saturated rings. The molecule has 168 valence electrons. The highest BCUT2D eigenvalue weighted by atomic mass is 32.2. The smallest absolute Gasteiger partial charge is 0.369 e. The van der Waals surface area contributed by atoms with Crippen LogP contribution in [0.1, 0.15) is 25.7 Å². The van der Waals surface area contributed by atoms with Gasteiger partial charge in [0.1, 0.15) is 0 Å². The summed E-state index contributed by atoms with van der Waals surface area (Å²) in [4.78, 5) is 17.1. The van der Waals surface area contributed by atoms with Gasteiger partial charge in [-0.05, 0) is 31.6 Å². The number of primary amides is 1. The number of halogens is 3. The molecule has 0 radical (unpaired) electrons. The van der Waals surface area contributed by atoms with E-state index < -0.39 is 15.5 Å². The van der Waals surface area contributed by atoms with Gasteiger partial charge in [0.2, 0.25) is 5.91 Å². The van der Waals surface area contributed by atoms with Crippen LogP contribution in [0.15, 0.2) is 4.99 Å². The second kappa shape index (κ2) is 9.94. The molecule has 0 bridgehead atoms. The topological polar surface area (TPSA) is 120 Å². The van der Waals surface area contributed by atoms with E-state index in [1.54, 1.807) is 7.05 Å². The molecule has 0 aromatic heterocycles. The lowest BCUT2D eigenvalue weighted by atomic mass is 9.98. The van der Waals surface area contributed by atoms with Gasteiger partial charge < -0.3 is 16.4 Å². The molecular weight excluding hydrogens is 413 g/mol. The van der Waals surface area contributed by atoms with Gasteiger partial charge in [-0.15, -0.1) is 0 Å². The molecule has 2 saturated heterocycles. The quantitative estimate of drug-likeness (QED) is 0.383. The molecule has 0 aromatic carbocycles. The Morgan fingerprint density at radius 1 is 1.14 bits per heavy atom. The summed E-state index contributed by atoms with van der Waals surface area (Å²) in [6, 6.07) is 0.198. The fourth-order valence-electron chi connectivity index (χ4n) is 3.58. The van der Waals surface area contributed by atoms with Crippen molar-refractivity contribution in [1.29, 1.82) is 0 Å². The highest BCUT2D eigenvalue weighted by molar-refractivity contribution is 7.90. The molecule has 4 N–H and O–H groups in total. The first-order chi connectivity index (χ1) is 13.5. The molecule has 2 heterocycles. The maximum absolute atomic E-state index is 12.6. The molecule has 13 heteroatoms. The van der Waals surface area contributed by atoms with E-state index >= 15 is 0 Å². The number of nitrogens with one attached hydrogen (secondary N) is 2. The normalized spacial score (nSPS) is 21.9. The van der Waals surface area contributed by atoms with Crippen LogP contribution >= 0.6 is 0 Å². The zero-order valence-corrected chi connectivity index (χ0v) is 17.2. The van der Waals surface area contributed by atoms with Crippen molar-refractivity contribution < 1.29 is 26.4 Å². The van der Waals surface area contributed by atoms with Crippen molar-refractivity contribution in [3.8, 4) is 0 Å². The third-order valence-electron chi connectivity index (χ3n) is 5.30. The zero-order valence-electron chi connectivity index (χ0n) is 16.4. The van der Waals surface area contributed by atoms with Gasteiger partial charge in [-0.1, -0.05) is 0 Å². The largest absolute Gasteiger partial charge is 0.511 e. The summed E-state index contributed by atoms with van der Waals surface area (Å²) in [7, 11) is -3.61. The second-order valence-electron chi connectivity index (χ2n) is 7.41. The average molecular weight is 443 g/mol. The lowest BCUT2D eigenvalue weighted by molar-refractivity contribution is -0.119. The minimum absolute atomic E-state index is 0.0608. The maximum atomic E-state index is 12.6. The van der Waals surface area contributed by atoms with Crippen molar-refractivity contribution in [2.24, 2.45) is 16.6 Å². The fraction of sp³-hybridized carbons (Fsp3) is 0.875. The molecule has 0 saturated carbocycles. The van der Waals surface area contributed by atoms with Crippen molar-refractivity contribution in [3.63, 3.8) is 0 Å². The number of aliphatic imine (C=N–C) groups is 1. The van der Waals surface area contributed by atoms with E-state index in [0.29, 0.717) is 29.7 Å². The van der Waals surface area contributed by atoms with E-state index in [2.05, 4.69) is 15.6 Å². The SMILES string of the molecule is CN=C(NCC1CCN(S(=O)(=O)C(F)(F)F)CC1)NC1CCN(CC(N)=O)CC1. The first-order valence-electron chi connectivity index (χ1n) is 9.57. The van der Waals surface area contributed by atoms with Crippen LogP contribution in [0.4, 0.5) is 13.2 Å². The van der Waals surface area contributed by atoms with E-state index in [-0.39, 0.29) is 37.5 Å². The summed E-state index contributed by atoms with van der Waals surface area (Å²) in [6.45, 7) is 1.98. The van der Waals surface area contributed by atoms with Crippen molar-refractivity contribution >= 4 is 21.9 Å². The number of sulfonamides is 1. The number of hydrogen-bond donors (Lipinski definition) is 3. The Morgan fingerprint density at radius 3 is 2.21 bits per heavy atom. The molecular formula is C16H29F3N6O3S. The number of nitrogens with zero attached hydrogens (tertiary/aromatic N) is 3. The Bertz CT molecular complexity index is 685. The lowest BCUT2D eigenvalue weighted by Crippen LogP contribution is -2.51. The molecule has 1 amide bonds. The monoisotopic (exact) mass is 442 g/mol. The third-order valence-corrected chi connectivity index (χ3v) is 6.93. The highest BCUT2D eigenvalue weighted by Crippen LogP contribution is 2.30. The highest BCUT2D eigenvalue weighted by Gasteiger charge is 2.50. The van der Waals surface area contributed by atoms with E-state index in [9.17, 15) is 26.4 Å². The molecule has 2 aliphatic rings. The van der Waals surface area contributed by atoms with E-state index in [1.807, 2.05) is 4.90 Å². The van der Waals surface area contributed by atoms with Crippen LogP contribution in [0.3, 0.4) is 0 Å². The van der Waals surface area contributed by atoms with E-state index in [1.165, 1.54) is 0 Å². The molecule has 0 aromatic rings. The van der Waals surface area contributed by atoms with Gasteiger partial charge in [0.25, 0.3) is 0 Å². The molecule has 0 atom stereocenters. The minimum atomic E-state index is -5.25. The van der Waals surface area contributed by atoms with Crippen LogP contribution < -0.4 is 16.4 Å². The van der Waals surface area contributed by atoms with Crippen molar-refractivity contribution in [2.75, 3.05) is 46.3 Å². The fourth-order valence-corrected chi connectivity index (χ4v) is 4.57. The number of alkyl halides is 3. The number of likely N-dealkylation sites (tertiary alicyclic amines) is 1. The van der Waals surface area contributed by atoms with Crippen LogP contribution in [-0.4, -0.2) is 87.4 Å². The van der Waals surface area contributed by atoms with Gasteiger partial charge in [-0.2, -0.15) is 17.5 Å². The van der Waals surface area contributed by atoms with Gasteiger partial charge >= 0.3 is 15.5 Å². The summed E-state index contributed by atoms with van der Waals surface area (Å²) < 4.78 is 61.3. The third kappa shape index (κ3) is 6.71. The van der Waals surface area contributed by atoms with Crippen LogP contribution in [-0.2, 0) is 14.8 Å². The Kier molecular flexibility index (Phi) is 8.11. The van der Waals surface area contributed by atoms with Crippen molar-refractivity contribution in [2.45, 2.75) is 37.2 Å². The molecule has 0 unspecified atom stereocenters. The molecule has 2 rings (SSSR count). The number of guanidine groups is 1. The number of hydrogen-bond acceptors (Lipinski definition) is 5. The zero-order chi connectivity index (χ0) is 21.7. The first kappa shape index (κ1) is 23.7. The summed E-state index contributed by atoms with van der Waals surface area (Å²) in [5.74, 6) is 0.317. The predicted molar refractivity (Wildman–Crippen MR) is 102 cm³/mol. The van der Waals surface area contributed by atoms with Crippen LogP contribution in [0.2, 0.25) is 0 Å². The maximum Gasteiger partial charge on any atom is 0.511 e. The first-order valence-corrected chi connectivity index (χ1v) is 11.0. The molecule has 29 heavy (non-hydrogen) atoms. The Balaban J connectivity index is 1.72. The molecule has 0 spiro atoms. The lowest BCUT2D eigenvalue weighted by Gasteiger charge is -2.33. The summed E-state index contributed by atoms with van der Waals surface area (Å²) in [5, 5.41) is 6.49. The molecule has 2 aliphatic heterocycles. The summed E-state index contributed by atoms with van der Waals surface area (Å²) in [6.07, 6.45) is 2.37. The Hall–Kier alpha value is -1.60. The number of piperidine rings is 2. The van der Waals surface area contributed by atoms with Gasteiger partial charge in [0.15, 0.2) is 5.96 Å². The van der Waals surface area contributed by atoms with Gasteiger partial charge in [-0.3, -0.25) is 14.7 Å². The van der Waals surface area contributed by atoms with Crippen LogP contribution in [0, 0.1) is 5.92 Å². The van der Waals surface area contributed by atoms with Crippen molar-refractivity contribution in [1.82, 2.24) is 19.8 Å². The van der Waals surface area contributed by atoms with Gasteiger partial charge in [-0.25, -0.2) is 8.42 Å². The van der Waals surface area contributed by atoms with Crippen LogP contribution in [0.5, 0.6) is 0 Å². The second-order valence-corrected chi connectivity index (χ2v) is 9.34. The number of nitrogens with two attached hydrogens (primary N) is 1.